The van der Waals surface area contributed by atoms with Gasteiger partial charge in [0.1, 0.15) is 5.69 Å². The van der Waals surface area contributed by atoms with E-state index in [1.807, 2.05) is 37.3 Å². The number of aromatic amines is 1. The predicted octanol–water partition coefficient (Wildman–Crippen LogP) is 1.99. The third-order valence-electron chi connectivity index (χ3n) is 2.53. The lowest BCUT2D eigenvalue weighted by molar-refractivity contribution is 0.0779. The van der Waals surface area contributed by atoms with Crippen LogP contribution in [0.25, 0.3) is 0 Å². The summed E-state index contributed by atoms with van der Waals surface area (Å²) in [7, 11) is 1.78. The Hall–Kier alpha value is -2.10. The van der Waals surface area contributed by atoms with E-state index in [1.54, 1.807) is 18.0 Å². The lowest BCUT2D eigenvalue weighted by Gasteiger charge is -2.15. The number of nitrogens with one attached hydrogen (secondary N) is 1. The highest BCUT2D eigenvalue weighted by atomic mass is 16.2. The Morgan fingerprint density at radius 1 is 1.35 bits per heavy atom. The van der Waals surface area contributed by atoms with Gasteiger partial charge in [-0.25, -0.2) is 0 Å². The highest BCUT2D eigenvalue weighted by Crippen LogP contribution is 2.07. The van der Waals surface area contributed by atoms with Gasteiger partial charge in [0, 0.05) is 19.3 Å². The van der Waals surface area contributed by atoms with Gasteiger partial charge in [0.2, 0.25) is 0 Å². The molecule has 1 amide bonds. The minimum atomic E-state index is -0.0711. The van der Waals surface area contributed by atoms with Crippen molar-refractivity contribution in [3.05, 3.63) is 53.3 Å². The average molecular weight is 229 g/mol. The maximum atomic E-state index is 12.0. The van der Waals surface area contributed by atoms with Crippen LogP contribution in [0.15, 0.2) is 36.4 Å². The summed E-state index contributed by atoms with van der Waals surface area (Å²) in [6.45, 7) is 2.46. The molecule has 88 valence electrons. The molecule has 0 saturated heterocycles. The van der Waals surface area contributed by atoms with Crippen molar-refractivity contribution >= 4 is 5.91 Å². The summed E-state index contributed by atoms with van der Waals surface area (Å²) >= 11 is 0. The minimum absolute atomic E-state index is 0.0711. The monoisotopic (exact) mass is 229 g/mol. The predicted molar refractivity (Wildman–Crippen MR) is 65.6 cm³/mol. The molecule has 2 rings (SSSR count). The van der Waals surface area contributed by atoms with Crippen LogP contribution in [-0.2, 0) is 6.54 Å². The molecule has 1 N–H and O–H groups in total. The van der Waals surface area contributed by atoms with Crippen molar-refractivity contribution < 1.29 is 4.79 Å². The van der Waals surface area contributed by atoms with Crippen LogP contribution < -0.4 is 0 Å². The molecule has 4 nitrogen and oxygen atoms in total. The van der Waals surface area contributed by atoms with E-state index >= 15 is 0 Å². The van der Waals surface area contributed by atoms with Gasteiger partial charge in [-0.1, -0.05) is 30.3 Å². The Balaban J connectivity index is 2.06. The van der Waals surface area contributed by atoms with Crippen LogP contribution in [0.4, 0.5) is 0 Å². The Bertz CT molecular complexity index is 504. The van der Waals surface area contributed by atoms with Crippen LogP contribution in [0.3, 0.4) is 0 Å². The molecule has 17 heavy (non-hydrogen) atoms. The number of rotatable bonds is 3. The van der Waals surface area contributed by atoms with Gasteiger partial charge >= 0.3 is 0 Å². The molecule has 0 saturated carbocycles. The molecule has 1 aromatic carbocycles. The number of aromatic nitrogens is 2. The molecule has 1 aromatic heterocycles. The fourth-order valence-corrected chi connectivity index (χ4v) is 1.65. The van der Waals surface area contributed by atoms with Crippen LogP contribution in [0.1, 0.15) is 21.7 Å². The van der Waals surface area contributed by atoms with Crippen LogP contribution in [-0.4, -0.2) is 28.1 Å². The fraction of sp³-hybridized carbons (Fsp3) is 0.231. The molecule has 0 radical (unpaired) electrons. The van der Waals surface area contributed by atoms with Gasteiger partial charge in [-0.15, -0.1) is 0 Å². The molecular formula is C13H15N3O. The van der Waals surface area contributed by atoms with Gasteiger partial charge in [-0.3, -0.25) is 9.89 Å². The van der Waals surface area contributed by atoms with E-state index in [1.165, 1.54) is 0 Å². The van der Waals surface area contributed by atoms with Crippen LogP contribution >= 0.6 is 0 Å². The van der Waals surface area contributed by atoms with Crippen LogP contribution in [0.5, 0.6) is 0 Å². The van der Waals surface area contributed by atoms with Gasteiger partial charge in [0.25, 0.3) is 5.91 Å². The van der Waals surface area contributed by atoms with E-state index in [0.717, 1.165) is 11.3 Å². The first kappa shape index (κ1) is 11.4. The number of carbonyl (C=O) groups is 1. The second-order valence-corrected chi connectivity index (χ2v) is 4.08. The zero-order valence-corrected chi connectivity index (χ0v) is 9.97. The number of benzene rings is 1. The molecule has 0 aliphatic heterocycles. The summed E-state index contributed by atoms with van der Waals surface area (Å²) < 4.78 is 0. The van der Waals surface area contributed by atoms with Crippen molar-refractivity contribution in [1.82, 2.24) is 15.1 Å². The molecular weight excluding hydrogens is 214 g/mol. The summed E-state index contributed by atoms with van der Waals surface area (Å²) in [5.74, 6) is -0.0711. The van der Waals surface area contributed by atoms with Gasteiger partial charge in [-0.2, -0.15) is 5.10 Å². The zero-order valence-electron chi connectivity index (χ0n) is 9.97. The van der Waals surface area contributed by atoms with E-state index in [9.17, 15) is 4.79 Å². The largest absolute Gasteiger partial charge is 0.336 e. The lowest BCUT2D eigenvalue weighted by Crippen LogP contribution is -2.26. The summed E-state index contributed by atoms with van der Waals surface area (Å²) in [6, 6.07) is 11.6. The maximum absolute atomic E-state index is 12.0. The molecule has 0 unspecified atom stereocenters. The smallest absolute Gasteiger partial charge is 0.274 e. The topological polar surface area (TPSA) is 49.0 Å². The number of aryl methyl sites for hydroxylation is 1. The summed E-state index contributed by atoms with van der Waals surface area (Å²) in [4.78, 5) is 13.7. The van der Waals surface area contributed by atoms with Crippen molar-refractivity contribution in [3.8, 4) is 0 Å². The highest BCUT2D eigenvalue weighted by Gasteiger charge is 2.14. The average Bonchev–Trinajstić information content (AvgIpc) is 2.76. The number of hydrogen-bond acceptors (Lipinski definition) is 2. The third-order valence-corrected chi connectivity index (χ3v) is 2.53. The lowest BCUT2D eigenvalue weighted by atomic mass is 10.2. The quantitative estimate of drug-likeness (QED) is 0.875. The van der Waals surface area contributed by atoms with Crippen LogP contribution in [0.2, 0.25) is 0 Å². The number of H-pyrrole nitrogens is 1. The molecule has 4 heteroatoms. The van der Waals surface area contributed by atoms with E-state index in [4.69, 9.17) is 0 Å². The minimum Gasteiger partial charge on any atom is -0.336 e. The van der Waals surface area contributed by atoms with Crippen molar-refractivity contribution in [2.45, 2.75) is 13.5 Å². The fourth-order valence-electron chi connectivity index (χ4n) is 1.65. The van der Waals surface area contributed by atoms with Crippen molar-refractivity contribution in [1.29, 1.82) is 0 Å². The first-order valence-corrected chi connectivity index (χ1v) is 5.48. The summed E-state index contributed by atoms with van der Waals surface area (Å²) in [6.07, 6.45) is 0. The highest BCUT2D eigenvalue weighted by molar-refractivity contribution is 5.92. The first-order valence-electron chi connectivity index (χ1n) is 5.48. The molecule has 0 aliphatic carbocycles. The molecule has 0 bridgehead atoms. The van der Waals surface area contributed by atoms with Crippen molar-refractivity contribution in [3.63, 3.8) is 0 Å². The molecule has 2 aromatic rings. The maximum Gasteiger partial charge on any atom is 0.274 e. The summed E-state index contributed by atoms with van der Waals surface area (Å²) in [5, 5.41) is 6.73. The second-order valence-electron chi connectivity index (χ2n) is 4.08. The Morgan fingerprint density at radius 3 is 2.65 bits per heavy atom. The molecule has 1 heterocycles. The Labute approximate surface area is 100 Å². The number of hydrogen-bond donors (Lipinski definition) is 1. The number of nitrogens with zero attached hydrogens (tertiary/aromatic N) is 2. The van der Waals surface area contributed by atoms with Crippen LogP contribution in [0, 0.1) is 6.92 Å². The van der Waals surface area contributed by atoms with E-state index in [-0.39, 0.29) is 5.91 Å². The number of amides is 1. The zero-order chi connectivity index (χ0) is 12.3. The standard InChI is InChI=1S/C13H15N3O/c1-10-8-12(15-14-10)13(17)16(2)9-11-6-4-3-5-7-11/h3-8H,9H2,1-2H3,(H,14,15). The van der Waals surface area contributed by atoms with Gasteiger partial charge in [0.15, 0.2) is 0 Å². The van der Waals surface area contributed by atoms with Gasteiger partial charge < -0.3 is 4.90 Å². The second kappa shape index (κ2) is 4.82. The number of carbonyl (C=O) groups excluding carboxylic acids is 1. The van der Waals surface area contributed by atoms with Crippen molar-refractivity contribution in [2.24, 2.45) is 0 Å². The SMILES string of the molecule is Cc1cc(C(=O)N(C)Cc2ccccc2)n[nH]1. The first-order chi connectivity index (χ1) is 8.16. The Morgan fingerprint density at radius 2 is 2.06 bits per heavy atom. The van der Waals surface area contributed by atoms with E-state index in [0.29, 0.717) is 12.2 Å². The van der Waals surface area contributed by atoms with Gasteiger partial charge in [-0.05, 0) is 18.6 Å². The summed E-state index contributed by atoms with van der Waals surface area (Å²) in [5.41, 5.74) is 2.46. The third kappa shape index (κ3) is 2.72. The van der Waals surface area contributed by atoms with Crippen molar-refractivity contribution in [2.75, 3.05) is 7.05 Å². The Kier molecular flexibility index (Phi) is 3.23. The molecule has 0 aliphatic rings. The molecule has 0 fully saturated rings. The van der Waals surface area contributed by atoms with Gasteiger partial charge in [0.05, 0.1) is 0 Å². The van der Waals surface area contributed by atoms with E-state index < -0.39 is 0 Å². The molecule has 0 spiro atoms. The normalized spacial score (nSPS) is 10.2. The molecule has 0 atom stereocenters. The van der Waals surface area contributed by atoms with E-state index in [2.05, 4.69) is 10.2 Å².